The van der Waals surface area contributed by atoms with Crippen molar-refractivity contribution in [3.8, 4) is 11.3 Å². The van der Waals surface area contributed by atoms with Crippen LogP contribution in [0.2, 0.25) is 0 Å². The van der Waals surface area contributed by atoms with E-state index in [9.17, 15) is 9.59 Å². The molecule has 0 radical (unpaired) electrons. The number of nitrogens with zero attached hydrogens (tertiary/aromatic N) is 3. The Morgan fingerprint density at radius 2 is 1.78 bits per heavy atom. The maximum absolute atomic E-state index is 13.0. The Labute approximate surface area is 209 Å². The van der Waals surface area contributed by atoms with Gasteiger partial charge < -0.3 is 21.1 Å². The van der Waals surface area contributed by atoms with E-state index in [0.29, 0.717) is 28.3 Å². The Morgan fingerprint density at radius 1 is 1.03 bits per heavy atom. The molecule has 186 valence electrons. The molecule has 0 bridgehead atoms. The molecule has 0 aliphatic rings. The molecule has 0 aliphatic heterocycles. The summed E-state index contributed by atoms with van der Waals surface area (Å²) in [7, 11) is 0. The zero-order chi connectivity index (χ0) is 25.9. The Hall–Kier alpha value is -4.24. The van der Waals surface area contributed by atoms with Crippen LogP contribution in [0.5, 0.6) is 0 Å². The van der Waals surface area contributed by atoms with Crippen molar-refractivity contribution in [3.63, 3.8) is 0 Å². The van der Waals surface area contributed by atoms with Crippen molar-refractivity contribution in [2.75, 3.05) is 23.8 Å². The first-order chi connectivity index (χ1) is 17.2. The average Bonchev–Trinajstić information content (AvgIpc) is 3.32. The maximum atomic E-state index is 13.0. The van der Waals surface area contributed by atoms with Crippen LogP contribution >= 0.6 is 0 Å². The van der Waals surface area contributed by atoms with Crippen LogP contribution in [0.1, 0.15) is 42.3 Å². The van der Waals surface area contributed by atoms with Gasteiger partial charge in [0.2, 0.25) is 0 Å². The molecule has 0 atom stereocenters. The lowest BCUT2D eigenvalue weighted by Gasteiger charge is -2.19. The number of aromatic nitrogens is 3. The maximum Gasteiger partial charge on any atom is 0.319 e. The number of carbonyl (C=O) groups excluding carboxylic acids is 2. The molecule has 0 unspecified atom stereocenters. The number of rotatable bonds is 6. The highest BCUT2D eigenvalue weighted by Crippen LogP contribution is 2.30. The fourth-order valence-corrected chi connectivity index (χ4v) is 3.84. The SMILES string of the molecule is Cc1c(NC(=O)c2ccc(C(C)(C)C)cc2)cccc1-c1cc(NC(=O)NCCO)c2nccn2n1. The number of carbonyl (C=O) groups is 2. The fourth-order valence-electron chi connectivity index (χ4n) is 3.84. The number of anilines is 2. The van der Waals surface area contributed by atoms with Crippen molar-refractivity contribution in [2.24, 2.45) is 0 Å². The molecule has 2 aromatic heterocycles. The Morgan fingerprint density at radius 3 is 2.47 bits per heavy atom. The van der Waals surface area contributed by atoms with E-state index in [0.717, 1.165) is 16.7 Å². The lowest BCUT2D eigenvalue weighted by atomic mass is 9.86. The normalized spacial score (nSPS) is 11.4. The standard InChI is InChI=1S/C27H30N6O3/c1-17-20(22-16-23(31-26(36)29-13-15-34)24-28-12-14-33(24)32-22)6-5-7-21(17)30-25(35)18-8-10-19(11-9-18)27(2,3)4/h5-12,14,16,34H,13,15H2,1-4H3,(H,30,35)(H2,29,31,36). The van der Waals surface area contributed by atoms with Crippen LogP contribution < -0.4 is 16.0 Å². The molecule has 36 heavy (non-hydrogen) atoms. The molecule has 0 saturated carbocycles. The second-order valence-corrected chi connectivity index (χ2v) is 9.50. The Bertz CT molecular complexity index is 1400. The highest BCUT2D eigenvalue weighted by Gasteiger charge is 2.17. The summed E-state index contributed by atoms with van der Waals surface area (Å²) < 4.78 is 1.58. The van der Waals surface area contributed by atoms with Gasteiger partial charge in [0.1, 0.15) is 0 Å². The molecule has 2 aromatic carbocycles. The minimum Gasteiger partial charge on any atom is -0.395 e. The first-order valence-electron chi connectivity index (χ1n) is 11.7. The zero-order valence-electron chi connectivity index (χ0n) is 20.8. The molecule has 0 spiro atoms. The largest absolute Gasteiger partial charge is 0.395 e. The number of urea groups is 1. The van der Waals surface area contributed by atoms with Gasteiger partial charge in [-0.05, 0) is 47.7 Å². The van der Waals surface area contributed by atoms with Gasteiger partial charge in [-0.15, -0.1) is 0 Å². The van der Waals surface area contributed by atoms with Gasteiger partial charge in [0, 0.05) is 35.8 Å². The number of imidazole rings is 1. The van der Waals surface area contributed by atoms with Crippen LogP contribution in [-0.4, -0.2) is 44.8 Å². The van der Waals surface area contributed by atoms with Gasteiger partial charge in [-0.25, -0.2) is 14.3 Å². The van der Waals surface area contributed by atoms with E-state index >= 15 is 0 Å². The van der Waals surface area contributed by atoms with Crippen molar-refractivity contribution < 1.29 is 14.7 Å². The molecule has 4 N–H and O–H groups in total. The molecular formula is C27H30N6O3. The van der Waals surface area contributed by atoms with Crippen LogP contribution in [-0.2, 0) is 5.41 Å². The minimum absolute atomic E-state index is 0.0104. The number of aliphatic hydroxyl groups excluding tert-OH is 1. The predicted octanol–water partition coefficient (Wildman–Crippen LogP) is 4.37. The van der Waals surface area contributed by atoms with E-state index < -0.39 is 6.03 Å². The van der Waals surface area contributed by atoms with Crippen molar-refractivity contribution in [1.82, 2.24) is 19.9 Å². The smallest absolute Gasteiger partial charge is 0.319 e. The third-order valence-corrected chi connectivity index (χ3v) is 5.88. The van der Waals surface area contributed by atoms with E-state index in [1.165, 1.54) is 0 Å². The summed E-state index contributed by atoms with van der Waals surface area (Å²) in [4.78, 5) is 29.4. The van der Waals surface area contributed by atoms with Crippen LogP contribution in [0.3, 0.4) is 0 Å². The van der Waals surface area contributed by atoms with E-state index in [1.807, 2.05) is 49.4 Å². The first kappa shape index (κ1) is 24.9. The summed E-state index contributed by atoms with van der Waals surface area (Å²) in [6.07, 6.45) is 3.29. The second-order valence-electron chi connectivity index (χ2n) is 9.50. The number of benzene rings is 2. The quantitative estimate of drug-likeness (QED) is 0.323. The molecule has 4 rings (SSSR count). The molecule has 4 aromatic rings. The first-order valence-corrected chi connectivity index (χ1v) is 11.7. The lowest BCUT2D eigenvalue weighted by molar-refractivity contribution is 0.102. The van der Waals surface area contributed by atoms with Crippen molar-refractivity contribution in [2.45, 2.75) is 33.1 Å². The number of aliphatic hydroxyl groups is 1. The molecule has 0 aliphatic carbocycles. The van der Waals surface area contributed by atoms with Crippen LogP contribution in [0.25, 0.3) is 16.9 Å². The third kappa shape index (κ3) is 5.36. The van der Waals surface area contributed by atoms with Gasteiger partial charge in [0.05, 0.1) is 18.0 Å². The number of nitrogens with one attached hydrogen (secondary N) is 3. The number of hydrogen-bond donors (Lipinski definition) is 4. The topological polar surface area (TPSA) is 121 Å². The molecular weight excluding hydrogens is 456 g/mol. The summed E-state index contributed by atoms with van der Waals surface area (Å²) >= 11 is 0. The molecule has 0 fully saturated rings. The fraction of sp³-hybridized carbons (Fsp3) is 0.259. The minimum atomic E-state index is -0.457. The van der Waals surface area contributed by atoms with E-state index in [-0.39, 0.29) is 24.5 Å². The summed E-state index contributed by atoms with van der Waals surface area (Å²) in [5.74, 6) is -0.198. The van der Waals surface area contributed by atoms with E-state index in [2.05, 4.69) is 46.8 Å². The highest BCUT2D eigenvalue weighted by atomic mass is 16.3. The Kier molecular flexibility index (Phi) is 7.03. The molecule has 3 amide bonds. The lowest BCUT2D eigenvalue weighted by Crippen LogP contribution is -2.31. The monoisotopic (exact) mass is 486 g/mol. The third-order valence-electron chi connectivity index (χ3n) is 5.88. The zero-order valence-corrected chi connectivity index (χ0v) is 20.8. The molecule has 2 heterocycles. The highest BCUT2D eigenvalue weighted by molar-refractivity contribution is 6.05. The van der Waals surface area contributed by atoms with Gasteiger partial charge in [-0.1, -0.05) is 45.0 Å². The predicted molar refractivity (Wildman–Crippen MR) is 140 cm³/mol. The number of amides is 3. The van der Waals surface area contributed by atoms with Crippen LogP contribution in [0.4, 0.5) is 16.2 Å². The van der Waals surface area contributed by atoms with E-state index in [1.54, 1.807) is 23.0 Å². The summed E-state index contributed by atoms with van der Waals surface area (Å²) in [6.45, 7) is 8.28. The average molecular weight is 487 g/mol. The van der Waals surface area contributed by atoms with Crippen molar-refractivity contribution >= 4 is 29.0 Å². The molecule has 0 saturated heterocycles. The van der Waals surface area contributed by atoms with Gasteiger partial charge in [0.15, 0.2) is 5.65 Å². The van der Waals surface area contributed by atoms with Crippen molar-refractivity contribution in [3.05, 3.63) is 77.6 Å². The van der Waals surface area contributed by atoms with Crippen LogP contribution in [0, 0.1) is 6.92 Å². The second kappa shape index (κ2) is 10.2. The number of hydrogen-bond acceptors (Lipinski definition) is 5. The van der Waals surface area contributed by atoms with Gasteiger partial charge in [-0.2, -0.15) is 5.10 Å². The van der Waals surface area contributed by atoms with Crippen LogP contribution in [0.15, 0.2) is 60.9 Å². The van der Waals surface area contributed by atoms with Crippen molar-refractivity contribution in [1.29, 1.82) is 0 Å². The van der Waals surface area contributed by atoms with Gasteiger partial charge >= 0.3 is 6.03 Å². The van der Waals surface area contributed by atoms with E-state index in [4.69, 9.17) is 5.11 Å². The molecule has 9 nitrogen and oxygen atoms in total. The van der Waals surface area contributed by atoms with Gasteiger partial charge in [-0.3, -0.25) is 4.79 Å². The number of fused-ring (bicyclic) bond motifs is 1. The molecule has 9 heteroatoms. The summed E-state index contributed by atoms with van der Waals surface area (Å²) in [5, 5.41) is 21.9. The van der Waals surface area contributed by atoms with Gasteiger partial charge in [0.25, 0.3) is 5.91 Å². The summed E-state index contributed by atoms with van der Waals surface area (Å²) in [5.41, 5.74) is 5.59. The Balaban J connectivity index is 1.62. The summed E-state index contributed by atoms with van der Waals surface area (Å²) in [6, 6.07) is 14.5.